The van der Waals surface area contributed by atoms with Gasteiger partial charge in [-0.05, 0) is 64.9 Å². The summed E-state index contributed by atoms with van der Waals surface area (Å²) in [7, 11) is 0. The monoisotopic (exact) mass is 488 g/mol. The molecule has 1 N–H and O–H groups in total. The van der Waals surface area contributed by atoms with Gasteiger partial charge in [0.05, 0.1) is 4.47 Å². The van der Waals surface area contributed by atoms with Crippen molar-refractivity contribution in [3.8, 4) is 5.75 Å². The van der Waals surface area contributed by atoms with Crippen molar-refractivity contribution in [2.75, 3.05) is 19.7 Å². The number of carbonyl (C=O) groups is 2. The maximum absolute atomic E-state index is 13.2. The second kappa shape index (κ2) is 13.2. The van der Waals surface area contributed by atoms with Gasteiger partial charge < -0.3 is 15.0 Å². The molecule has 168 valence electrons. The third kappa shape index (κ3) is 7.69. The zero-order valence-electron chi connectivity index (χ0n) is 18.7. The Morgan fingerprint density at radius 1 is 1.06 bits per heavy atom. The van der Waals surface area contributed by atoms with E-state index in [0.29, 0.717) is 31.7 Å². The Kier molecular flexibility index (Phi) is 10.6. The van der Waals surface area contributed by atoms with E-state index >= 15 is 0 Å². The molecular formula is C25H33BrN2O3. The Morgan fingerprint density at radius 3 is 2.42 bits per heavy atom. The summed E-state index contributed by atoms with van der Waals surface area (Å²) in [5, 5.41) is 2.93. The molecule has 0 aliphatic carbocycles. The van der Waals surface area contributed by atoms with Crippen molar-refractivity contribution in [3.05, 3.63) is 64.1 Å². The predicted molar refractivity (Wildman–Crippen MR) is 128 cm³/mol. The normalized spacial score (nSPS) is 11.6. The van der Waals surface area contributed by atoms with E-state index in [2.05, 4.69) is 28.2 Å². The van der Waals surface area contributed by atoms with E-state index in [1.54, 1.807) is 4.90 Å². The summed E-state index contributed by atoms with van der Waals surface area (Å²) in [6.45, 7) is 6.97. The highest BCUT2D eigenvalue weighted by Gasteiger charge is 2.28. The molecule has 0 spiro atoms. The van der Waals surface area contributed by atoms with Crippen molar-refractivity contribution in [1.82, 2.24) is 10.2 Å². The van der Waals surface area contributed by atoms with Gasteiger partial charge >= 0.3 is 0 Å². The minimum atomic E-state index is -0.516. The molecule has 5 nitrogen and oxygen atoms in total. The molecule has 0 fully saturated rings. The number of benzene rings is 2. The fourth-order valence-electron chi connectivity index (χ4n) is 3.37. The van der Waals surface area contributed by atoms with Gasteiger partial charge in [0.15, 0.2) is 6.61 Å². The first-order chi connectivity index (χ1) is 15.0. The summed E-state index contributed by atoms with van der Waals surface area (Å²) in [5.41, 5.74) is 2.32. The number of aryl methyl sites for hydroxylation is 1. The third-order valence-electron chi connectivity index (χ3n) is 5.18. The average molecular weight is 489 g/mol. The molecule has 6 heteroatoms. The molecule has 2 aromatic carbocycles. The number of halogens is 1. The number of hydrogen-bond acceptors (Lipinski definition) is 3. The molecule has 0 saturated heterocycles. The van der Waals surface area contributed by atoms with E-state index in [1.807, 2.05) is 62.4 Å². The second-order valence-corrected chi connectivity index (χ2v) is 8.30. The Labute approximate surface area is 194 Å². The van der Waals surface area contributed by atoms with E-state index < -0.39 is 6.04 Å². The van der Waals surface area contributed by atoms with Gasteiger partial charge in [-0.15, -0.1) is 0 Å². The number of amides is 2. The van der Waals surface area contributed by atoms with Crippen LogP contribution in [0.3, 0.4) is 0 Å². The molecule has 0 radical (unpaired) electrons. The van der Waals surface area contributed by atoms with E-state index in [1.165, 1.54) is 5.56 Å². The van der Waals surface area contributed by atoms with Crippen LogP contribution in [0.4, 0.5) is 0 Å². The number of carbonyl (C=O) groups excluding carboxylic acids is 2. The smallest absolute Gasteiger partial charge is 0.261 e. The van der Waals surface area contributed by atoms with Crippen LogP contribution in [0.5, 0.6) is 5.75 Å². The SMILES string of the molecule is CCCNC(=O)[C@H](CC)N(CCc1ccccc1)C(=O)COc1ccc(CC)cc1Br. The van der Waals surface area contributed by atoms with Gasteiger partial charge in [0, 0.05) is 13.1 Å². The maximum Gasteiger partial charge on any atom is 0.261 e. The Bertz CT molecular complexity index is 842. The maximum atomic E-state index is 13.2. The quantitative estimate of drug-likeness (QED) is 0.468. The Morgan fingerprint density at radius 2 is 1.81 bits per heavy atom. The zero-order chi connectivity index (χ0) is 22.6. The van der Waals surface area contributed by atoms with Crippen LogP contribution in [-0.2, 0) is 22.4 Å². The van der Waals surface area contributed by atoms with Crippen LogP contribution < -0.4 is 10.1 Å². The summed E-state index contributed by atoms with van der Waals surface area (Å²) in [6.07, 6.45) is 3.01. The molecule has 2 amide bonds. The summed E-state index contributed by atoms with van der Waals surface area (Å²) < 4.78 is 6.64. The molecule has 0 aliphatic rings. The largest absolute Gasteiger partial charge is 0.483 e. The first-order valence-corrected chi connectivity index (χ1v) is 11.8. The molecule has 0 aliphatic heterocycles. The van der Waals surface area contributed by atoms with Gasteiger partial charge in [-0.25, -0.2) is 0 Å². The van der Waals surface area contributed by atoms with Crippen molar-refractivity contribution < 1.29 is 14.3 Å². The summed E-state index contributed by atoms with van der Waals surface area (Å²) in [6, 6.07) is 15.3. The number of nitrogens with zero attached hydrogens (tertiary/aromatic N) is 1. The van der Waals surface area contributed by atoms with Crippen LogP contribution in [0.2, 0.25) is 0 Å². The molecule has 1 atom stereocenters. The molecule has 0 heterocycles. The van der Waals surface area contributed by atoms with Gasteiger partial charge in [-0.3, -0.25) is 9.59 Å². The molecule has 0 unspecified atom stereocenters. The summed E-state index contributed by atoms with van der Waals surface area (Å²) >= 11 is 3.52. The van der Waals surface area contributed by atoms with E-state index in [9.17, 15) is 9.59 Å². The lowest BCUT2D eigenvalue weighted by Crippen LogP contribution is -2.51. The number of hydrogen-bond donors (Lipinski definition) is 1. The van der Waals surface area contributed by atoms with Crippen molar-refractivity contribution in [3.63, 3.8) is 0 Å². The fraction of sp³-hybridized carbons (Fsp3) is 0.440. The zero-order valence-corrected chi connectivity index (χ0v) is 20.3. The minimum Gasteiger partial charge on any atom is -0.483 e. The van der Waals surface area contributed by atoms with Crippen LogP contribution in [0.15, 0.2) is 53.0 Å². The second-order valence-electron chi connectivity index (χ2n) is 7.44. The molecule has 0 saturated carbocycles. The summed E-state index contributed by atoms with van der Waals surface area (Å²) in [4.78, 5) is 27.6. The van der Waals surface area contributed by atoms with E-state index in [0.717, 1.165) is 22.9 Å². The molecular weight excluding hydrogens is 456 g/mol. The highest BCUT2D eigenvalue weighted by molar-refractivity contribution is 9.10. The van der Waals surface area contributed by atoms with Gasteiger partial charge in [0.25, 0.3) is 5.91 Å². The number of rotatable bonds is 12. The highest BCUT2D eigenvalue weighted by atomic mass is 79.9. The van der Waals surface area contributed by atoms with Crippen molar-refractivity contribution >= 4 is 27.7 Å². The molecule has 31 heavy (non-hydrogen) atoms. The van der Waals surface area contributed by atoms with Crippen molar-refractivity contribution in [1.29, 1.82) is 0 Å². The standard InChI is InChI=1S/C25H33BrN2O3/c1-4-15-27-25(30)22(6-3)28(16-14-20-10-8-7-9-11-20)24(29)18-31-23-13-12-19(5-2)17-21(23)26/h7-13,17,22H,4-6,14-16,18H2,1-3H3,(H,27,30)/t22-/m0/s1. The molecule has 0 bridgehead atoms. The minimum absolute atomic E-state index is 0.112. The van der Waals surface area contributed by atoms with E-state index in [-0.39, 0.29) is 18.4 Å². The first-order valence-electron chi connectivity index (χ1n) is 11.0. The number of ether oxygens (including phenoxy) is 1. The summed E-state index contributed by atoms with van der Waals surface area (Å²) in [5.74, 6) is 0.317. The Hall–Kier alpha value is -2.34. The Balaban J connectivity index is 2.12. The van der Waals surface area contributed by atoms with Crippen molar-refractivity contribution in [2.24, 2.45) is 0 Å². The topological polar surface area (TPSA) is 58.6 Å². The van der Waals surface area contributed by atoms with Crippen LogP contribution in [0.25, 0.3) is 0 Å². The lowest BCUT2D eigenvalue weighted by molar-refractivity contribution is -0.142. The van der Waals surface area contributed by atoms with Gasteiger partial charge in [-0.2, -0.15) is 0 Å². The lowest BCUT2D eigenvalue weighted by atomic mass is 10.1. The van der Waals surface area contributed by atoms with Crippen LogP contribution in [-0.4, -0.2) is 42.5 Å². The van der Waals surface area contributed by atoms with Gasteiger partial charge in [-0.1, -0.05) is 57.2 Å². The predicted octanol–water partition coefficient (Wildman–Crippen LogP) is 4.77. The third-order valence-corrected chi connectivity index (χ3v) is 5.79. The molecule has 2 rings (SSSR count). The highest BCUT2D eigenvalue weighted by Crippen LogP contribution is 2.26. The number of nitrogens with one attached hydrogen (secondary N) is 1. The molecule has 0 aromatic heterocycles. The van der Waals surface area contributed by atoms with Crippen LogP contribution in [0.1, 0.15) is 44.7 Å². The first kappa shape index (κ1) is 24.9. The van der Waals surface area contributed by atoms with E-state index in [4.69, 9.17) is 4.74 Å². The fourth-order valence-corrected chi connectivity index (χ4v) is 3.91. The average Bonchev–Trinajstić information content (AvgIpc) is 2.79. The van der Waals surface area contributed by atoms with Crippen LogP contribution in [0, 0.1) is 0 Å². The lowest BCUT2D eigenvalue weighted by Gasteiger charge is -2.30. The van der Waals surface area contributed by atoms with Crippen molar-refractivity contribution in [2.45, 2.75) is 52.5 Å². The van der Waals surface area contributed by atoms with Gasteiger partial charge in [0.2, 0.25) is 5.91 Å². The van der Waals surface area contributed by atoms with Gasteiger partial charge in [0.1, 0.15) is 11.8 Å². The van der Waals surface area contributed by atoms with Crippen LogP contribution >= 0.6 is 15.9 Å². The molecule has 2 aromatic rings.